The summed E-state index contributed by atoms with van der Waals surface area (Å²) in [6.45, 7) is 19.3. The first kappa shape index (κ1) is 66.3. The minimum Gasteiger partial charge on any atom is -0.506 e. The van der Waals surface area contributed by atoms with Crippen LogP contribution in [0.25, 0.3) is 0 Å². The highest BCUT2D eigenvalue weighted by molar-refractivity contribution is 14.1. The molecule has 1 atom stereocenters. The van der Waals surface area contributed by atoms with Crippen molar-refractivity contribution in [3.63, 3.8) is 0 Å². The molecular weight excluding hydrogens is 1460 g/mol. The van der Waals surface area contributed by atoms with Gasteiger partial charge in [-0.1, -0.05) is 18.2 Å². The van der Waals surface area contributed by atoms with E-state index in [1.165, 1.54) is 36.0 Å². The second-order valence-corrected chi connectivity index (χ2v) is 27.0. The van der Waals surface area contributed by atoms with E-state index in [1.807, 2.05) is 57.3 Å². The Kier molecular flexibility index (Phi) is 23.8. The number of ether oxygens (including phenoxy) is 7. The van der Waals surface area contributed by atoms with Gasteiger partial charge in [0.15, 0.2) is 11.5 Å². The quantitative estimate of drug-likeness (QED) is 0.0270. The van der Waals surface area contributed by atoms with Crippen LogP contribution < -0.4 is 9.47 Å². The smallest absolute Gasteiger partial charge is 0.320 e. The first-order chi connectivity index (χ1) is 35.9. The van der Waals surface area contributed by atoms with E-state index in [-0.39, 0.29) is 53.3 Å². The number of esters is 6. The summed E-state index contributed by atoms with van der Waals surface area (Å²) in [4.78, 5) is 98.6. The van der Waals surface area contributed by atoms with Crippen molar-refractivity contribution >= 4 is 132 Å². The average Bonchev–Trinajstić information content (AvgIpc) is 3.26. The van der Waals surface area contributed by atoms with Crippen LogP contribution >= 0.6 is 90.4 Å². The van der Waals surface area contributed by atoms with Gasteiger partial charge in [-0.2, -0.15) is 0 Å². The summed E-state index contributed by atoms with van der Waals surface area (Å²) in [5.74, 6) is -4.14. The van der Waals surface area contributed by atoms with Gasteiger partial charge in [-0.15, -0.1) is 0 Å². The molecule has 0 saturated carbocycles. The Morgan fingerprint density at radius 2 is 0.962 bits per heavy atom. The van der Waals surface area contributed by atoms with Crippen molar-refractivity contribution in [2.45, 2.75) is 138 Å². The lowest BCUT2D eigenvalue weighted by molar-refractivity contribution is -0.162. The number of carbonyl (C=O) groups excluding carboxylic acids is 7. The number of phenolic OH excluding ortho intramolecular Hbond substituents is 1. The summed E-state index contributed by atoms with van der Waals surface area (Å²) in [5.41, 5.74) is -1.68. The van der Waals surface area contributed by atoms with Crippen LogP contribution in [0.5, 0.6) is 23.0 Å². The first-order valence-electron chi connectivity index (χ1n) is 24.6. The van der Waals surface area contributed by atoms with E-state index >= 15 is 4.79 Å². The number of hydrogen-bond acceptors (Lipinski definition) is 17. The SMILES string of the molecule is COC(=O)C(Cc1cccc(C(=O)c2cc(CN(CC(=O)OC(C)(C)C)CC(=O)OC(C)(C)C)c(OC(C)=O)c(CN(CC(=O)OC(C)(C)C)CC(=O)OC(C)(C)C)c2)c1)c1cc(I)c(Oc2cc(I)c(O)c(I)c2)c(I)c1. The molecule has 4 aromatic carbocycles. The Labute approximate surface area is 511 Å². The minimum absolute atomic E-state index is 0.0567. The van der Waals surface area contributed by atoms with Crippen LogP contribution in [0.3, 0.4) is 0 Å². The Morgan fingerprint density at radius 3 is 1.33 bits per heavy atom. The van der Waals surface area contributed by atoms with Gasteiger partial charge in [0.1, 0.15) is 39.7 Å². The lowest BCUT2D eigenvalue weighted by Gasteiger charge is -2.28. The molecule has 0 amide bonds. The van der Waals surface area contributed by atoms with E-state index in [4.69, 9.17) is 33.2 Å². The van der Waals surface area contributed by atoms with Gasteiger partial charge in [-0.25, -0.2) is 0 Å². The van der Waals surface area contributed by atoms with Crippen molar-refractivity contribution in [1.29, 1.82) is 0 Å². The molecule has 424 valence electrons. The summed E-state index contributed by atoms with van der Waals surface area (Å²) in [6, 6.07) is 16.8. The van der Waals surface area contributed by atoms with Crippen molar-refractivity contribution in [3.8, 4) is 23.0 Å². The van der Waals surface area contributed by atoms with Crippen molar-refractivity contribution in [3.05, 3.63) is 108 Å². The van der Waals surface area contributed by atoms with Gasteiger partial charge in [0.05, 0.1) is 53.5 Å². The maximum absolute atomic E-state index is 15.1. The summed E-state index contributed by atoms with van der Waals surface area (Å²) < 4.78 is 42.8. The first-order valence-corrected chi connectivity index (χ1v) is 28.9. The second kappa shape index (κ2) is 28.0. The topological polar surface area (TPSA) is 211 Å². The van der Waals surface area contributed by atoms with E-state index in [0.717, 1.165) is 0 Å². The third-order valence-electron chi connectivity index (χ3n) is 10.4. The van der Waals surface area contributed by atoms with E-state index < -0.39 is 96.1 Å². The molecule has 0 aliphatic rings. The van der Waals surface area contributed by atoms with Crippen molar-refractivity contribution < 1.29 is 71.8 Å². The van der Waals surface area contributed by atoms with Crippen LogP contribution in [0.2, 0.25) is 0 Å². The van der Waals surface area contributed by atoms with Gasteiger partial charge < -0.3 is 38.3 Å². The number of ketones is 1. The van der Waals surface area contributed by atoms with Crippen LogP contribution in [0.4, 0.5) is 0 Å². The lowest BCUT2D eigenvalue weighted by Crippen LogP contribution is -2.40. The highest BCUT2D eigenvalue weighted by atomic mass is 127. The fourth-order valence-corrected chi connectivity index (χ4v) is 11.5. The minimum atomic E-state index is -0.890. The number of methoxy groups -OCH3 is 1. The van der Waals surface area contributed by atoms with E-state index in [9.17, 15) is 33.9 Å². The zero-order valence-corrected chi connectivity index (χ0v) is 55.0. The summed E-state index contributed by atoms with van der Waals surface area (Å²) >= 11 is 8.36. The number of benzene rings is 4. The van der Waals surface area contributed by atoms with Crippen LogP contribution in [0.1, 0.15) is 134 Å². The number of carbonyl (C=O) groups is 7. The molecule has 0 saturated heterocycles. The third-order valence-corrected chi connectivity index (χ3v) is 13.6. The van der Waals surface area contributed by atoms with Crippen molar-refractivity contribution in [2.75, 3.05) is 33.3 Å². The standard InChI is InChI=1S/C57H68I4N2O15/c1-32(64)73-51-37(26-62(28-45(65)75-54(2,3)4)29-46(66)76-55(5,6)7)20-36(21-38(51)27-63(30-47(67)77-56(8,9)10)31-48(68)78-57(11,12)13)49(69)34-17-15-16-33(18-34)19-40(53(71)72-14)35-22-43(60)52(44(61)23-35)74-39-24-41(58)50(70)42(59)25-39/h15-18,20-25,40,70H,19,26-31H2,1-14H3. The Morgan fingerprint density at radius 1 is 0.551 bits per heavy atom. The third kappa shape index (κ3) is 22.0. The predicted molar refractivity (Wildman–Crippen MR) is 326 cm³/mol. The van der Waals surface area contributed by atoms with Gasteiger partial charge in [-0.05, 0) is 233 Å². The molecule has 0 aliphatic carbocycles. The van der Waals surface area contributed by atoms with Crippen LogP contribution in [-0.2, 0) is 72.0 Å². The highest BCUT2D eigenvalue weighted by Crippen LogP contribution is 2.39. The molecule has 0 bridgehead atoms. The molecule has 0 radical (unpaired) electrons. The molecule has 0 spiro atoms. The molecule has 17 nitrogen and oxygen atoms in total. The van der Waals surface area contributed by atoms with Gasteiger partial charge in [0.25, 0.3) is 0 Å². The number of rotatable bonds is 21. The van der Waals surface area contributed by atoms with Gasteiger partial charge in [-0.3, -0.25) is 43.4 Å². The molecule has 1 unspecified atom stereocenters. The van der Waals surface area contributed by atoms with E-state index in [1.54, 1.807) is 119 Å². The normalized spacial score (nSPS) is 12.4. The molecule has 0 aliphatic heterocycles. The number of hydrogen-bond donors (Lipinski definition) is 1. The maximum Gasteiger partial charge on any atom is 0.320 e. The molecule has 0 aromatic heterocycles. The van der Waals surface area contributed by atoms with E-state index in [0.29, 0.717) is 36.9 Å². The molecule has 0 heterocycles. The molecule has 0 fully saturated rings. The van der Waals surface area contributed by atoms with Gasteiger partial charge in [0, 0.05) is 42.3 Å². The predicted octanol–water partition coefficient (Wildman–Crippen LogP) is 11.2. The molecule has 1 N–H and O–H groups in total. The summed E-state index contributed by atoms with van der Waals surface area (Å²) in [6.07, 6.45) is 0.116. The molecule has 4 aromatic rings. The Bertz CT molecular complexity index is 2700. The van der Waals surface area contributed by atoms with Gasteiger partial charge >= 0.3 is 35.8 Å². The zero-order valence-electron chi connectivity index (χ0n) is 46.4. The van der Waals surface area contributed by atoms with Gasteiger partial charge in [0.2, 0.25) is 0 Å². The summed E-state index contributed by atoms with van der Waals surface area (Å²) in [7, 11) is 1.30. The number of halogens is 4. The van der Waals surface area contributed by atoms with E-state index in [2.05, 4.69) is 45.2 Å². The lowest BCUT2D eigenvalue weighted by atomic mass is 9.90. The fourth-order valence-electron chi connectivity index (χ4n) is 7.76. The number of aromatic hydroxyl groups is 1. The molecule has 21 heteroatoms. The largest absolute Gasteiger partial charge is 0.506 e. The van der Waals surface area contributed by atoms with Crippen molar-refractivity contribution in [2.24, 2.45) is 0 Å². The van der Waals surface area contributed by atoms with Crippen molar-refractivity contribution in [1.82, 2.24) is 9.80 Å². The maximum atomic E-state index is 15.1. The zero-order chi connectivity index (χ0) is 58.8. The second-order valence-electron chi connectivity index (χ2n) is 22.3. The molecule has 78 heavy (non-hydrogen) atoms. The van der Waals surface area contributed by atoms with Crippen LogP contribution in [0, 0.1) is 14.3 Å². The molecular formula is C57H68I4N2O15. The summed E-state index contributed by atoms with van der Waals surface area (Å²) in [5, 5.41) is 10.3. The average molecular weight is 1530 g/mol. The fraction of sp³-hybridized carbons (Fsp3) is 0.456. The van der Waals surface area contributed by atoms with Crippen LogP contribution in [-0.4, -0.2) is 112 Å². The number of phenols is 1. The molecule has 4 rings (SSSR count). The highest BCUT2D eigenvalue weighted by Gasteiger charge is 2.31. The number of nitrogens with zero attached hydrogens (tertiary/aromatic N) is 2. The Hall–Kier alpha value is -4.19. The Balaban J connectivity index is 1.91. The monoisotopic (exact) mass is 1530 g/mol. The van der Waals surface area contributed by atoms with Crippen LogP contribution in [0.15, 0.2) is 60.7 Å².